The smallest absolute Gasteiger partial charge is 0.162 e. The zero-order valence-corrected chi connectivity index (χ0v) is 9.24. The van der Waals surface area contributed by atoms with E-state index in [9.17, 15) is 4.79 Å². The predicted molar refractivity (Wildman–Crippen MR) is 53.9 cm³/mol. The Bertz CT molecular complexity index is 319. The third kappa shape index (κ3) is 1.77. The van der Waals surface area contributed by atoms with E-state index < -0.39 is 0 Å². The minimum Gasteiger partial charge on any atom is -0.294 e. The van der Waals surface area contributed by atoms with E-state index in [-0.39, 0.29) is 11.7 Å². The van der Waals surface area contributed by atoms with Crippen LogP contribution in [0, 0.1) is 0 Å². The van der Waals surface area contributed by atoms with E-state index in [0.29, 0.717) is 19.8 Å². The van der Waals surface area contributed by atoms with E-state index >= 15 is 0 Å². The summed E-state index contributed by atoms with van der Waals surface area (Å²) in [6.45, 7) is 1.44. The first-order valence-corrected chi connectivity index (χ1v) is 5.22. The van der Waals surface area contributed by atoms with Crippen LogP contribution in [0.1, 0.15) is 22.8 Å². The minimum absolute atomic E-state index is 0.0983. The van der Waals surface area contributed by atoms with Gasteiger partial charge in [0.25, 0.3) is 0 Å². The second-order valence-electron chi connectivity index (χ2n) is 2.19. The summed E-state index contributed by atoms with van der Waals surface area (Å²) < 4.78 is 0.920. The van der Waals surface area contributed by atoms with Gasteiger partial charge < -0.3 is 0 Å². The van der Waals surface area contributed by atoms with Crippen molar-refractivity contribution in [3.05, 3.63) is 19.8 Å². The first-order valence-electron chi connectivity index (χ1n) is 3.11. The fourth-order valence-corrected chi connectivity index (χ4v) is 3.11. The van der Waals surface area contributed by atoms with Gasteiger partial charge in [0, 0.05) is 5.56 Å². The van der Waals surface area contributed by atoms with Crippen molar-refractivity contribution in [3.8, 4) is 0 Å². The molecule has 0 atom stereocenters. The molecule has 0 aliphatic carbocycles. The molecule has 0 fully saturated rings. The number of ketones is 1. The molecule has 0 unspecified atom stereocenters. The summed E-state index contributed by atoms with van der Waals surface area (Å²) in [6, 6.07) is 0. The van der Waals surface area contributed by atoms with Crippen molar-refractivity contribution in [2.45, 2.75) is 12.8 Å². The van der Waals surface area contributed by atoms with Gasteiger partial charge in [0.1, 0.15) is 4.34 Å². The van der Waals surface area contributed by atoms with Gasteiger partial charge in [-0.1, -0.05) is 23.2 Å². The van der Waals surface area contributed by atoms with Gasteiger partial charge in [0.15, 0.2) is 5.78 Å². The van der Waals surface area contributed by atoms with E-state index in [1.54, 1.807) is 0 Å². The SMILES string of the molecule is CC(=O)c1c(Cl)sc(Cl)c1CCl. The van der Waals surface area contributed by atoms with Crippen LogP contribution in [0.15, 0.2) is 0 Å². The number of halogens is 3. The molecule has 0 amide bonds. The van der Waals surface area contributed by atoms with Crippen LogP contribution in [-0.4, -0.2) is 5.78 Å². The average Bonchev–Trinajstić information content (AvgIpc) is 2.24. The van der Waals surface area contributed by atoms with Crippen LogP contribution >= 0.6 is 46.1 Å². The second-order valence-corrected chi connectivity index (χ2v) is 4.68. The molecule has 0 saturated heterocycles. The van der Waals surface area contributed by atoms with E-state index in [2.05, 4.69) is 0 Å². The van der Waals surface area contributed by atoms with Crippen LogP contribution in [-0.2, 0) is 5.88 Å². The number of thiophene rings is 1. The van der Waals surface area contributed by atoms with Crippen molar-refractivity contribution in [2.75, 3.05) is 0 Å². The van der Waals surface area contributed by atoms with E-state index in [1.807, 2.05) is 0 Å². The molecule has 0 radical (unpaired) electrons. The van der Waals surface area contributed by atoms with Crippen LogP contribution < -0.4 is 0 Å². The molecule has 1 aromatic heterocycles. The van der Waals surface area contributed by atoms with Crippen LogP contribution in [0.4, 0.5) is 0 Å². The summed E-state index contributed by atoms with van der Waals surface area (Å²) in [7, 11) is 0. The van der Waals surface area contributed by atoms with Gasteiger partial charge in [-0.05, 0) is 6.92 Å². The lowest BCUT2D eigenvalue weighted by molar-refractivity contribution is 0.101. The number of alkyl halides is 1. The zero-order valence-electron chi connectivity index (χ0n) is 6.16. The fourth-order valence-electron chi connectivity index (χ4n) is 0.878. The van der Waals surface area contributed by atoms with Crippen LogP contribution in [0.3, 0.4) is 0 Å². The highest BCUT2D eigenvalue weighted by atomic mass is 35.5. The minimum atomic E-state index is -0.0983. The molecule has 0 saturated carbocycles. The van der Waals surface area contributed by atoms with Crippen LogP contribution in [0.2, 0.25) is 8.67 Å². The van der Waals surface area contributed by atoms with Gasteiger partial charge in [-0.15, -0.1) is 22.9 Å². The Balaban J connectivity index is 3.32. The predicted octanol–water partition coefficient (Wildman–Crippen LogP) is 4.00. The number of carbonyl (C=O) groups excluding carboxylic acids is 1. The summed E-state index contributed by atoms with van der Waals surface area (Å²) in [4.78, 5) is 11.1. The summed E-state index contributed by atoms with van der Waals surface area (Å²) in [6.07, 6.45) is 0. The largest absolute Gasteiger partial charge is 0.294 e. The van der Waals surface area contributed by atoms with E-state index in [1.165, 1.54) is 18.3 Å². The monoisotopic (exact) mass is 242 g/mol. The quantitative estimate of drug-likeness (QED) is 0.567. The maximum atomic E-state index is 11.1. The van der Waals surface area contributed by atoms with Gasteiger partial charge >= 0.3 is 0 Å². The van der Waals surface area contributed by atoms with Gasteiger partial charge in [-0.3, -0.25) is 4.79 Å². The molecule has 1 aromatic rings. The molecule has 5 heteroatoms. The van der Waals surface area contributed by atoms with Crippen molar-refractivity contribution < 1.29 is 4.79 Å². The Morgan fingerprint density at radius 1 is 1.42 bits per heavy atom. The van der Waals surface area contributed by atoms with Gasteiger partial charge in [-0.25, -0.2) is 0 Å². The van der Waals surface area contributed by atoms with Gasteiger partial charge in [0.05, 0.1) is 15.8 Å². The Hall–Kier alpha value is 0.240. The third-order valence-electron chi connectivity index (χ3n) is 1.40. The average molecular weight is 244 g/mol. The molecule has 12 heavy (non-hydrogen) atoms. The lowest BCUT2D eigenvalue weighted by Gasteiger charge is -1.95. The Kier molecular flexibility index (Phi) is 3.41. The topological polar surface area (TPSA) is 17.1 Å². The molecule has 0 bridgehead atoms. The Morgan fingerprint density at radius 2 is 2.00 bits per heavy atom. The molecule has 0 N–H and O–H groups in total. The van der Waals surface area contributed by atoms with Gasteiger partial charge in [-0.2, -0.15) is 0 Å². The number of hydrogen-bond donors (Lipinski definition) is 0. The number of hydrogen-bond acceptors (Lipinski definition) is 2. The van der Waals surface area contributed by atoms with Crippen molar-refractivity contribution in [2.24, 2.45) is 0 Å². The van der Waals surface area contributed by atoms with E-state index in [4.69, 9.17) is 34.8 Å². The standard InChI is InChI=1S/C7H5Cl3OS/c1-3(11)5-4(2-8)6(9)12-7(5)10/h2H2,1H3. The lowest BCUT2D eigenvalue weighted by Crippen LogP contribution is -1.94. The summed E-state index contributed by atoms with van der Waals surface area (Å²) in [5.74, 6) is 0.121. The van der Waals surface area contributed by atoms with Crippen molar-refractivity contribution in [1.82, 2.24) is 0 Å². The van der Waals surface area contributed by atoms with Crippen molar-refractivity contribution >= 4 is 51.9 Å². The summed E-state index contributed by atoms with van der Waals surface area (Å²) >= 11 is 18.4. The summed E-state index contributed by atoms with van der Waals surface area (Å²) in [5, 5.41) is 0. The lowest BCUT2D eigenvalue weighted by atomic mass is 10.1. The fraction of sp³-hybridized carbons (Fsp3) is 0.286. The number of Topliss-reactive ketones (excluding diaryl/α,β-unsaturated/α-hetero) is 1. The van der Waals surface area contributed by atoms with Gasteiger partial charge in [0.2, 0.25) is 0 Å². The van der Waals surface area contributed by atoms with Crippen molar-refractivity contribution in [3.63, 3.8) is 0 Å². The molecule has 0 aromatic carbocycles. The van der Waals surface area contributed by atoms with Crippen LogP contribution in [0.5, 0.6) is 0 Å². The van der Waals surface area contributed by atoms with E-state index in [0.717, 1.165) is 0 Å². The second kappa shape index (κ2) is 3.97. The Labute approximate surface area is 89.2 Å². The highest BCUT2D eigenvalue weighted by Crippen LogP contribution is 2.37. The molecule has 1 nitrogen and oxygen atoms in total. The molecule has 1 heterocycles. The molecule has 0 aliphatic heterocycles. The maximum absolute atomic E-state index is 11.1. The highest BCUT2D eigenvalue weighted by molar-refractivity contribution is 7.20. The third-order valence-corrected chi connectivity index (χ3v) is 3.36. The molecule has 0 aliphatic rings. The van der Waals surface area contributed by atoms with Crippen LogP contribution in [0.25, 0.3) is 0 Å². The molecule has 0 spiro atoms. The summed E-state index contributed by atoms with van der Waals surface area (Å²) in [5.41, 5.74) is 1.10. The maximum Gasteiger partial charge on any atom is 0.162 e. The normalized spacial score (nSPS) is 10.3. The Morgan fingerprint density at radius 3 is 2.33 bits per heavy atom. The number of carbonyl (C=O) groups is 1. The molecular formula is C7H5Cl3OS. The molecular weight excluding hydrogens is 239 g/mol. The first kappa shape index (κ1) is 10.3. The van der Waals surface area contributed by atoms with Crippen molar-refractivity contribution in [1.29, 1.82) is 0 Å². The first-order chi connectivity index (χ1) is 5.57. The molecule has 66 valence electrons. The molecule has 1 rings (SSSR count). The number of rotatable bonds is 2. The highest BCUT2D eigenvalue weighted by Gasteiger charge is 2.17. The zero-order chi connectivity index (χ0) is 9.30.